The number of piperidine rings is 1. The van der Waals surface area contributed by atoms with Crippen molar-refractivity contribution in [3.63, 3.8) is 0 Å². The van der Waals surface area contributed by atoms with Gasteiger partial charge in [0.25, 0.3) is 5.91 Å². The van der Waals surface area contributed by atoms with Gasteiger partial charge in [-0.15, -0.1) is 0 Å². The molecule has 0 spiro atoms. The standard InChI is InChI=1S/C24H28N8O/c1-25-9-4-12-31-13-7-17(8-14-31)32-21(16-29-24(33)19-5-2-3-10-26-19)30-20-15-28-23-18(22(20)32)6-11-27-23/h2-3,5-6,9-11,15,17H,4,7-8,12-14,16H2,1H3,(H,27,28)(H,29,33). The van der Waals surface area contributed by atoms with Crippen molar-refractivity contribution < 1.29 is 4.79 Å². The second-order valence-corrected chi connectivity index (χ2v) is 8.33. The first-order valence-corrected chi connectivity index (χ1v) is 11.4. The summed E-state index contributed by atoms with van der Waals surface area (Å²) in [6.45, 7) is 3.43. The van der Waals surface area contributed by atoms with Crippen LogP contribution in [0.15, 0.2) is 47.8 Å². The van der Waals surface area contributed by atoms with E-state index in [0.717, 1.165) is 66.8 Å². The van der Waals surface area contributed by atoms with Crippen LogP contribution in [0, 0.1) is 0 Å². The lowest BCUT2D eigenvalue weighted by atomic mass is 10.0. The first-order chi connectivity index (χ1) is 16.2. The second-order valence-electron chi connectivity index (χ2n) is 8.33. The van der Waals surface area contributed by atoms with Crippen LogP contribution >= 0.6 is 0 Å². The van der Waals surface area contributed by atoms with E-state index in [4.69, 9.17) is 4.98 Å². The van der Waals surface area contributed by atoms with E-state index in [-0.39, 0.29) is 5.91 Å². The van der Waals surface area contributed by atoms with E-state index in [9.17, 15) is 4.79 Å². The quantitative estimate of drug-likeness (QED) is 0.427. The van der Waals surface area contributed by atoms with Gasteiger partial charge in [-0.25, -0.2) is 9.97 Å². The molecule has 0 radical (unpaired) electrons. The highest BCUT2D eigenvalue weighted by Gasteiger charge is 2.26. The zero-order valence-electron chi connectivity index (χ0n) is 18.7. The van der Waals surface area contributed by atoms with Crippen LogP contribution in [0.5, 0.6) is 0 Å². The first-order valence-electron chi connectivity index (χ1n) is 11.4. The van der Waals surface area contributed by atoms with Crippen molar-refractivity contribution in [1.82, 2.24) is 34.7 Å². The molecule has 9 nitrogen and oxygen atoms in total. The number of aliphatic imine (C=N–C) groups is 1. The number of H-pyrrole nitrogens is 1. The van der Waals surface area contributed by atoms with Crippen molar-refractivity contribution in [3.05, 3.63) is 54.4 Å². The topological polar surface area (TPSA) is 104 Å². The average molecular weight is 445 g/mol. The number of amides is 1. The highest BCUT2D eigenvalue weighted by Crippen LogP contribution is 2.32. The molecule has 0 bridgehead atoms. The van der Waals surface area contributed by atoms with Crippen molar-refractivity contribution in [2.45, 2.75) is 31.8 Å². The van der Waals surface area contributed by atoms with Crippen LogP contribution in [0.2, 0.25) is 0 Å². The Bertz CT molecular complexity index is 1270. The van der Waals surface area contributed by atoms with E-state index >= 15 is 0 Å². The van der Waals surface area contributed by atoms with Gasteiger partial charge < -0.3 is 24.8 Å². The number of imidazole rings is 1. The molecule has 4 aromatic heterocycles. The van der Waals surface area contributed by atoms with Crippen LogP contribution in [0.25, 0.3) is 22.1 Å². The highest BCUT2D eigenvalue weighted by molar-refractivity contribution is 6.01. The Hall–Kier alpha value is -3.59. The number of rotatable bonds is 7. The minimum Gasteiger partial charge on any atom is -0.346 e. The number of pyridine rings is 2. The monoisotopic (exact) mass is 444 g/mol. The van der Waals surface area contributed by atoms with Crippen molar-refractivity contribution >= 4 is 34.2 Å². The number of nitrogens with one attached hydrogen (secondary N) is 2. The number of carbonyl (C=O) groups is 1. The van der Waals surface area contributed by atoms with Gasteiger partial charge in [-0.3, -0.25) is 9.78 Å². The summed E-state index contributed by atoms with van der Waals surface area (Å²) >= 11 is 0. The zero-order chi connectivity index (χ0) is 22.6. The van der Waals surface area contributed by atoms with Crippen LogP contribution in [-0.2, 0) is 6.54 Å². The summed E-state index contributed by atoms with van der Waals surface area (Å²) in [7, 11) is 1.82. The molecule has 0 aromatic carbocycles. The van der Waals surface area contributed by atoms with E-state index in [0.29, 0.717) is 18.3 Å². The Labute approximate surface area is 192 Å². The molecule has 1 saturated heterocycles. The van der Waals surface area contributed by atoms with Crippen LogP contribution < -0.4 is 5.32 Å². The lowest BCUT2D eigenvalue weighted by molar-refractivity contribution is 0.0944. The van der Waals surface area contributed by atoms with Crippen LogP contribution in [0.4, 0.5) is 0 Å². The fraction of sp³-hybridized carbons (Fsp3) is 0.375. The molecule has 33 heavy (non-hydrogen) atoms. The third-order valence-electron chi connectivity index (χ3n) is 6.29. The largest absolute Gasteiger partial charge is 0.346 e. The number of hydrogen-bond acceptors (Lipinski definition) is 6. The number of likely N-dealkylation sites (tertiary alicyclic amines) is 1. The maximum Gasteiger partial charge on any atom is 0.270 e. The van der Waals surface area contributed by atoms with Gasteiger partial charge in [-0.2, -0.15) is 0 Å². The summed E-state index contributed by atoms with van der Waals surface area (Å²) in [4.78, 5) is 36.0. The summed E-state index contributed by atoms with van der Waals surface area (Å²) in [6, 6.07) is 7.69. The van der Waals surface area contributed by atoms with E-state index in [1.165, 1.54) is 0 Å². The Morgan fingerprint density at radius 1 is 1.27 bits per heavy atom. The second kappa shape index (κ2) is 9.50. The van der Waals surface area contributed by atoms with E-state index < -0.39 is 0 Å². The third-order valence-corrected chi connectivity index (χ3v) is 6.29. The van der Waals surface area contributed by atoms with Crippen molar-refractivity contribution in [2.24, 2.45) is 4.99 Å². The highest BCUT2D eigenvalue weighted by atomic mass is 16.1. The van der Waals surface area contributed by atoms with Crippen molar-refractivity contribution in [2.75, 3.05) is 26.7 Å². The number of carbonyl (C=O) groups excluding carboxylic acids is 1. The minimum absolute atomic E-state index is 0.202. The molecule has 9 heteroatoms. The Morgan fingerprint density at radius 2 is 2.15 bits per heavy atom. The van der Waals surface area contributed by atoms with Gasteiger partial charge in [0.2, 0.25) is 0 Å². The number of fused-ring (bicyclic) bond motifs is 3. The zero-order valence-corrected chi connectivity index (χ0v) is 18.7. The molecule has 0 aliphatic carbocycles. The Morgan fingerprint density at radius 3 is 2.94 bits per heavy atom. The summed E-state index contributed by atoms with van der Waals surface area (Å²) in [6.07, 6.45) is 10.4. The molecule has 1 fully saturated rings. The van der Waals surface area contributed by atoms with E-state index in [1.54, 1.807) is 18.3 Å². The van der Waals surface area contributed by atoms with Gasteiger partial charge in [0, 0.05) is 50.5 Å². The molecule has 1 amide bonds. The van der Waals surface area contributed by atoms with Crippen LogP contribution in [0.3, 0.4) is 0 Å². The van der Waals surface area contributed by atoms with Crippen molar-refractivity contribution in [3.8, 4) is 0 Å². The van der Waals surface area contributed by atoms with Crippen molar-refractivity contribution in [1.29, 1.82) is 0 Å². The lowest BCUT2D eigenvalue weighted by Crippen LogP contribution is -2.36. The molecule has 0 saturated carbocycles. The molecular weight excluding hydrogens is 416 g/mol. The number of aromatic nitrogens is 5. The molecule has 5 heterocycles. The normalized spacial score (nSPS) is 15.7. The molecule has 1 aliphatic heterocycles. The van der Waals surface area contributed by atoms with Gasteiger partial charge >= 0.3 is 0 Å². The summed E-state index contributed by atoms with van der Waals surface area (Å²) < 4.78 is 2.33. The van der Waals surface area contributed by atoms with Gasteiger partial charge in [0.15, 0.2) is 0 Å². The fourth-order valence-corrected chi connectivity index (χ4v) is 4.68. The lowest BCUT2D eigenvalue weighted by Gasteiger charge is -2.33. The summed E-state index contributed by atoms with van der Waals surface area (Å²) in [5, 5.41) is 4.06. The number of hydrogen-bond donors (Lipinski definition) is 2. The van der Waals surface area contributed by atoms with Gasteiger partial charge in [0.05, 0.1) is 18.3 Å². The van der Waals surface area contributed by atoms with E-state index in [1.807, 2.05) is 31.7 Å². The Balaban J connectivity index is 1.43. The molecule has 1 aliphatic rings. The Kier molecular flexibility index (Phi) is 6.12. The van der Waals surface area contributed by atoms with Gasteiger partial charge in [-0.1, -0.05) is 6.07 Å². The molecule has 170 valence electrons. The summed E-state index contributed by atoms with van der Waals surface area (Å²) in [5.74, 6) is 0.646. The maximum atomic E-state index is 12.6. The van der Waals surface area contributed by atoms with Crippen LogP contribution in [-0.4, -0.2) is 68.2 Å². The molecule has 2 N–H and O–H groups in total. The van der Waals surface area contributed by atoms with E-state index in [2.05, 4.69) is 40.8 Å². The predicted molar refractivity (Wildman–Crippen MR) is 129 cm³/mol. The molecular formula is C24H28N8O. The predicted octanol–water partition coefficient (Wildman–Crippen LogP) is 2.97. The molecule has 5 rings (SSSR count). The average Bonchev–Trinajstić information content (AvgIpc) is 3.48. The minimum atomic E-state index is -0.202. The molecule has 0 unspecified atom stereocenters. The fourth-order valence-electron chi connectivity index (χ4n) is 4.68. The number of aromatic amines is 1. The third kappa shape index (κ3) is 4.36. The summed E-state index contributed by atoms with van der Waals surface area (Å²) in [5.41, 5.74) is 3.19. The molecule has 0 atom stereocenters. The SMILES string of the molecule is CN=CCCN1CCC(n2c(CNC(=O)c3ccccn3)nc3cnc4[nH]ccc4c32)CC1. The van der Waals surface area contributed by atoms with Gasteiger partial charge in [-0.05, 0) is 43.7 Å². The van der Waals surface area contributed by atoms with Gasteiger partial charge in [0.1, 0.15) is 22.7 Å². The van der Waals surface area contributed by atoms with Crippen LogP contribution in [0.1, 0.15) is 41.6 Å². The molecule has 4 aromatic rings. The maximum absolute atomic E-state index is 12.6. The smallest absolute Gasteiger partial charge is 0.270 e. The first kappa shape index (κ1) is 21.3. The number of nitrogens with zero attached hydrogens (tertiary/aromatic N) is 6.